The van der Waals surface area contributed by atoms with Crippen LogP contribution in [0.5, 0.6) is 0 Å². The van der Waals surface area contributed by atoms with Crippen molar-refractivity contribution in [3.8, 4) is 0 Å². The van der Waals surface area contributed by atoms with Crippen LogP contribution in [0.2, 0.25) is 0 Å². The molecule has 1 N–H and O–H groups in total. The summed E-state index contributed by atoms with van der Waals surface area (Å²) in [5.74, 6) is -0.205. The predicted molar refractivity (Wildman–Crippen MR) is 89.1 cm³/mol. The van der Waals surface area contributed by atoms with E-state index in [1.165, 1.54) is 12.8 Å². The molecule has 2 amide bonds. The lowest BCUT2D eigenvalue weighted by atomic mass is 9.90. The van der Waals surface area contributed by atoms with Crippen LogP contribution in [0, 0.1) is 5.41 Å². The third-order valence-electron chi connectivity index (χ3n) is 4.81. The first-order chi connectivity index (χ1) is 11.0. The fourth-order valence-electron chi connectivity index (χ4n) is 3.14. The van der Waals surface area contributed by atoms with Crippen molar-refractivity contribution >= 4 is 11.8 Å². The van der Waals surface area contributed by atoms with Gasteiger partial charge >= 0.3 is 0 Å². The minimum absolute atomic E-state index is 0.0386. The zero-order valence-corrected chi connectivity index (χ0v) is 14.6. The van der Waals surface area contributed by atoms with Gasteiger partial charge in [0.25, 0.3) is 0 Å². The van der Waals surface area contributed by atoms with Crippen LogP contribution in [0.3, 0.4) is 0 Å². The standard InChI is InChI=1S/C17H31N3O3/c1-17(2,16(22)20-8-5-3-4-6-9-20)15(21)18-7-10-19-11-13-23-14-12-19/h3-14H2,1-2H3,(H,18,21). The summed E-state index contributed by atoms with van der Waals surface area (Å²) in [6.07, 6.45) is 4.44. The van der Waals surface area contributed by atoms with Gasteiger partial charge in [-0.05, 0) is 26.7 Å². The number of hydrogen-bond donors (Lipinski definition) is 1. The molecule has 2 aliphatic rings. The highest BCUT2D eigenvalue weighted by molar-refractivity contribution is 6.04. The Balaban J connectivity index is 1.79. The Hall–Kier alpha value is -1.14. The maximum Gasteiger partial charge on any atom is 0.237 e. The van der Waals surface area contributed by atoms with Crippen molar-refractivity contribution in [1.82, 2.24) is 15.1 Å². The summed E-state index contributed by atoms with van der Waals surface area (Å²) in [7, 11) is 0. The van der Waals surface area contributed by atoms with Gasteiger partial charge in [0.15, 0.2) is 0 Å². The van der Waals surface area contributed by atoms with E-state index < -0.39 is 5.41 Å². The van der Waals surface area contributed by atoms with Gasteiger partial charge in [-0.25, -0.2) is 0 Å². The number of hydrogen-bond acceptors (Lipinski definition) is 4. The lowest BCUT2D eigenvalue weighted by Gasteiger charge is -2.31. The molecule has 0 unspecified atom stereocenters. The highest BCUT2D eigenvalue weighted by Gasteiger charge is 2.39. The molecule has 0 spiro atoms. The molecule has 0 atom stereocenters. The molecule has 0 bridgehead atoms. The number of carbonyl (C=O) groups excluding carboxylic acids is 2. The second kappa shape index (κ2) is 8.64. The summed E-state index contributed by atoms with van der Waals surface area (Å²) >= 11 is 0. The minimum Gasteiger partial charge on any atom is -0.379 e. The second-order valence-corrected chi connectivity index (χ2v) is 7.04. The number of nitrogens with zero attached hydrogens (tertiary/aromatic N) is 2. The van der Waals surface area contributed by atoms with Crippen molar-refractivity contribution in [3.05, 3.63) is 0 Å². The normalized spacial score (nSPS) is 20.9. The Bertz CT molecular complexity index is 398. The lowest BCUT2D eigenvalue weighted by molar-refractivity contribution is -0.148. The molecule has 0 saturated carbocycles. The van der Waals surface area contributed by atoms with E-state index in [2.05, 4.69) is 10.2 Å². The lowest BCUT2D eigenvalue weighted by Crippen LogP contribution is -2.51. The van der Waals surface area contributed by atoms with E-state index in [1.54, 1.807) is 13.8 Å². The van der Waals surface area contributed by atoms with Crippen LogP contribution in [0.25, 0.3) is 0 Å². The molecule has 6 nitrogen and oxygen atoms in total. The van der Waals surface area contributed by atoms with E-state index in [9.17, 15) is 9.59 Å². The Labute approximate surface area is 139 Å². The van der Waals surface area contributed by atoms with Crippen LogP contribution in [-0.4, -0.2) is 74.1 Å². The first kappa shape index (κ1) is 18.2. The molecule has 0 aromatic heterocycles. The van der Waals surface area contributed by atoms with Crippen LogP contribution in [0.4, 0.5) is 0 Å². The Kier molecular flexibility index (Phi) is 6.84. The van der Waals surface area contributed by atoms with Crippen LogP contribution >= 0.6 is 0 Å². The number of morpholine rings is 1. The summed E-state index contributed by atoms with van der Waals surface area (Å²) in [6.45, 7) is 9.76. The summed E-state index contributed by atoms with van der Waals surface area (Å²) in [5, 5.41) is 2.94. The monoisotopic (exact) mass is 325 g/mol. The van der Waals surface area contributed by atoms with Gasteiger partial charge in [0.2, 0.25) is 11.8 Å². The minimum atomic E-state index is -0.991. The quantitative estimate of drug-likeness (QED) is 0.762. The van der Waals surface area contributed by atoms with E-state index in [0.717, 1.165) is 58.8 Å². The Morgan fingerprint density at radius 1 is 1.00 bits per heavy atom. The fourth-order valence-corrected chi connectivity index (χ4v) is 3.14. The average Bonchev–Trinajstić information content (AvgIpc) is 2.84. The number of carbonyl (C=O) groups is 2. The van der Waals surface area contributed by atoms with Crippen LogP contribution in [0.15, 0.2) is 0 Å². The molecule has 0 aromatic rings. The molecule has 23 heavy (non-hydrogen) atoms. The molecular weight excluding hydrogens is 294 g/mol. The summed E-state index contributed by atoms with van der Waals surface area (Å²) < 4.78 is 5.31. The van der Waals surface area contributed by atoms with Crippen molar-refractivity contribution in [2.45, 2.75) is 39.5 Å². The molecule has 0 aliphatic carbocycles. The van der Waals surface area contributed by atoms with Gasteiger partial charge in [0.1, 0.15) is 5.41 Å². The maximum absolute atomic E-state index is 12.7. The molecule has 2 heterocycles. The van der Waals surface area contributed by atoms with Crippen molar-refractivity contribution < 1.29 is 14.3 Å². The third-order valence-corrected chi connectivity index (χ3v) is 4.81. The summed E-state index contributed by atoms with van der Waals surface area (Å²) in [6, 6.07) is 0. The highest BCUT2D eigenvalue weighted by Crippen LogP contribution is 2.22. The molecule has 2 aliphatic heterocycles. The molecule has 6 heteroatoms. The van der Waals surface area contributed by atoms with Crippen molar-refractivity contribution in [2.75, 3.05) is 52.5 Å². The van der Waals surface area contributed by atoms with Crippen LogP contribution < -0.4 is 5.32 Å². The number of rotatable bonds is 5. The molecule has 2 saturated heterocycles. The van der Waals surface area contributed by atoms with Crippen molar-refractivity contribution in [1.29, 1.82) is 0 Å². The van der Waals surface area contributed by atoms with Crippen LogP contribution in [-0.2, 0) is 14.3 Å². The third kappa shape index (κ3) is 5.18. The largest absolute Gasteiger partial charge is 0.379 e. The van der Waals surface area contributed by atoms with Crippen LogP contribution in [0.1, 0.15) is 39.5 Å². The van der Waals surface area contributed by atoms with Crippen molar-refractivity contribution in [2.24, 2.45) is 5.41 Å². The van der Waals surface area contributed by atoms with Gasteiger partial charge in [-0.3, -0.25) is 14.5 Å². The van der Waals surface area contributed by atoms with E-state index in [-0.39, 0.29) is 11.8 Å². The number of nitrogens with one attached hydrogen (secondary N) is 1. The number of likely N-dealkylation sites (tertiary alicyclic amines) is 1. The number of amides is 2. The summed E-state index contributed by atoms with van der Waals surface area (Å²) in [5.41, 5.74) is -0.991. The van der Waals surface area contributed by atoms with Gasteiger partial charge in [0.05, 0.1) is 13.2 Å². The second-order valence-electron chi connectivity index (χ2n) is 7.04. The predicted octanol–water partition coefficient (Wildman–Crippen LogP) is 0.864. The van der Waals surface area contributed by atoms with Gasteiger partial charge in [-0.15, -0.1) is 0 Å². The van der Waals surface area contributed by atoms with Gasteiger partial charge in [0, 0.05) is 39.3 Å². The Morgan fingerprint density at radius 2 is 1.61 bits per heavy atom. The zero-order chi connectivity index (χ0) is 16.7. The van der Waals surface area contributed by atoms with Crippen molar-refractivity contribution in [3.63, 3.8) is 0 Å². The van der Waals surface area contributed by atoms with E-state index >= 15 is 0 Å². The van der Waals surface area contributed by atoms with E-state index in [0.29, 0.717) is 6.54 Å². The fraction of sp³-hybridized carbons (Fsp3) is 0.882. The van der Waals surface area contributed by atoms with E-state index in [4.69, 9.17) is 4.74 Å². The molecular formula is C17H31N3O3. The average molecular weight is 325 g/mol. The smallest absolute Gasteiger partial charge is 0.237 e. The first-order valence-electron chi connectivity index (χ1n) is 8.89. The Morgan fingerprint density at radius 3 is 2.22 bits per heavy atom. The first-order valence-corrected chi connectivity index (χ1v) is 8.89. The zero-order valence-electron chi connectivity index (χ0n) is 14.6. The van der Waals surface area contributed by atoms with Gasteiger partial charge in [-0.1, -0.05) is 12.8 Å². The van der Waals surface area contributed by atoms with Gasteiger partial charge < -0.3 is 15.0 Å². The highest BCUT2D eigenvalue weighted by atomic mass is 16.5. The topological polar surface area (TPSA) is 61.9 Å². The molecule has 0 aromatic carbocycles. The van der Waals surface area contributed by atoms with Gasteiger partial charge in [-0.2, -0.15) is 0 Å². The maximum atomic E-state index is 12.7. The summed E-state index contributed by atoms with van der Waals surface area (Å²) in [4.78, 5) is 29.3. The molecule has 0 radical (unpaired) electrons. The number of ether oxygens (including phenoxy) is 1. The molecule has 2 rings (SSSR count). The molecule has 2 fully saturated rings. The SMILES string of the molecule is CC(C)(C(=O)NCCN1CCOCC1)C(=O)N1CCCCCC1. The van der Waals surface area contributed by atoms with E-state index in [1.807, 2.05) is 4.90 Å². The molecule has 132 valence electrons.